The minimum atomic E-state index is -1.00. The van der Waals surface area contributed by atoms with E-state index in [1.807, 2.05) is 31.2 Å². The van der Waals surface area contributed by atoms with Crippen LogP contribution < -0.4 is 5.32 Å². The lowest BCUT2D eigenvalue weighted by Gasteiger charge is -2.29. The number of aromatic nitrogens is 1. The molecule has 1 aliphatic rings. The fourth-order valence-corrected chi connectivity index (χ4v) is 4.25. The van der Waals surface area contributed by atoms with Gasteiger partial charge in [0.05, 0.1) is 12.7 Å². The lowest BCUT2D eigenvalue weighted by Crippen LogP contribution is -2.47. The highest BCUT2D eigenvalue weighted by Crippen LogP contribution is 2.31. The molecule has 3 rings (SSSR count). The van der Waals surface area contributed by atoms with E-state index in [1.165, 1.54) is 5.56 Å². The molecule has 3 atom stereocenters. The summed E-state index contributed by atoms with van der Waals surface area (Å²) >= 11 is 0. The van der Waals surface area contributed by atoms with Gasteiger partial charge in [0.15, 0.2) is 0 Å². The summed E-state index contributed by atoms with van der Waals surface area (Å²) in [5.41, 5.74) is 2.90. The van der Waals surface area contributed by atoms with Crippen LogP contribution >= 0.6 is 0 Å². The maximum atomic E-state index is 12.7. The zero-order chi connectivity index (χ0) is 24.1. The van der Waals surface area contributed by atoms with Crippen molar-refractivity contribution in [2.75, 3.05) is 0 Å². The van der Waals surface area contributed by atoms with Crippen LogP contribution in [-0.4, -0.2) is 34.1 Å². The number of oxazole rings is 1. The van der Waals surface area contributed by atoms with Gasteiger partial charge < -0.3 is 19.6 Å². The largest absolute Gasteiger partial charge is 0.480 e. The number of benzene rings is 1. The number of carboxylic acids is 1. The number of ether oxygens (including phenoxy) is 1. The van der Waals surface area contributed by atoms with E-state index in [0.717, 1.165) is 36.3 Å². The van der Waals surface area contributed by atoms with E-state index in [4.69, 9.17) is 14.1 Å². The first-order valence-electron chi connectivity index (χ1n) is 11.9. The Morgan fingerprint density at radius 2 is 1.88 bits per heavy atom. The van der Waals surface area contributed by atoms with Gasteiger partial charge in [-0.25, -0.2) is 9.78 Å². The van der Waals surface area contributed by atoms with E-state index in [0.29, 0.717) is 18.9 Å². The van der Waals surface area contributed by atoms with E-state index < -0.39 is 12.0 Å². The Kier molecular flexibility index (Phi) is 8.30. The van der Waals surface area contributed by atoms with Crippen molar-refractivity contribution in [3.8, 4) is 11.5 Å². The molecule has 0 radical (unpaired) electrons. The van der Waals surface area contributed by atoms with Crippen LogP contribution in [0.5, 0.6) is 0 Å². The summed E-state index contributed by atoms with van der Waals surface area (Å²) in [5, 5.41) is 12.1. The molecule has 1 aromatic carbocycles. The fraction of sp³-hybridized carbons (Fsp3) is 0.577. The predicted molar refractivity (Wildman–Crippen MR) is 126 cm³/mol. The third-order valence-electron chi connectivity index (χ3n) is 6.23. The summed E-state index contributed by atoms with van der Waals surface area (Å²) in [7, 11) is 0. The third kappa shape index (κ3) is 6.44. The van der Waals surface area contributed by atoms with E-state index in [9.17, 15) is 14.7 Å². The van der Waals surface area contributed by atoms with Gasteiger partial charge in [-0.2, -0.15) is 0 Å². The number of carbonyl (C=O) groups is 2. The monoisotopic (exact) mass is 456 g/mol. The molecule has 1 aliphatic carbocycles. The highest BCUT2D eigenvalue weighted by molar-refractivity contribution is 5.85. The van der Waals surface area contributed by atoms with Gasteiger partial charge >= 0.3 is 5.97 Å². The Balaban J connectivity index is 1.64. The second-order valence-electron chi connectivity index (χ2n) is 9.72. The van der Waals surface area contributed by atoms with Gasteiger partial charge in [0.25, 0.3) is 0 Å². The minimum Gasteiger partial charge on any atom is -0.480 e. The van der Waals surface area contributed by atoms with Crippen molar-refractivity contribution in [1.29, 1.82) is 0 Å². The molecule has 1 amide bonds. The number of rotatable bonds is 9. The molecule has 1 heterocycles. The molecule has 2 aromatic rings. The number of nitrogens with one attached hydrogen (secondary N) is 1. The molecule has 7 heteroatoms. The van der Waals surface area contributed by atoms with Crippen molar-refractivity contribution in [1.82, 2.24) is 10.3 Å². The Labute approximate surface area is 195 Å². The number of carboxylic acid groups (broad SMARTS) is 1. The van der Waals surface area contributed by atoms with Gasteiger partial charge in [-0.3, -0.25) is 4.79 Å². The quantitative estimate of drug-likeness (QED) is 0.546. The van der Waals surface area contributed by atoms with Gasteiger partial charge in [-0.15, -0.1) is 0 Å². The lowest BCUT2D eigenvalue weighted by atomic mass is 9.86. The van der Waals surface area contributed by atoms with E-state index in [-0.39, 0.29) is 29.8 Å². The van der Waals surface area contributed by atoms with E-state index >= 15 is 0 Å². The van der Waals surface area contributed by atoms with Crippen molar-refractivity contribution in [3.05, 3.63) is 41.3 Å². The molecular weight excluding hydrogens is 420 g/mol. The standard InChI is InChI=1S/C26H36N2O5/c1-15(2)22(26(30)31)28-24(29)19-7-6-8-20(13-19)32-14-21-23(16(3)4)33-25(27-21)18-11-9-17(5)10-12-18/h9-12,15-16,19-20,22H,6-8,13-14H2,1-5H3,(H,28,29)(H,30,31)/t19-,20+,22+/m1/s1. The summed E-state index contributed by atoms with van der Waals surface area (Å²) < 4.78 is 12.3. The van der Waals surface area contributed by atoms with Crippen LogP contribution in [0.15, 0.2) is 28.7 Å². The maximum absolute atomic E-state index is 12.7. The summed E-state index contributed by atoms with van der Waals surface area (Å²) in [6.45, 7) is 10.1. The molecule has 1 fully saturated rings. The van der Waals surface area contributed by atoms with Crippen LogP contribution in [0.25, 0.3) is 11.5 Å². The van der Waals surface area contributed by atoms with Crippen LogP contribution in [0.1, 0.15) is 76.3 Å². The second kappa shape index (κ2) is 11.0. The highest BCUT2D eigenvalue weighted by Gasteiger charge is 2.32. The smallest absolute Gasteiger partial charge is 0.326 e. The average Bonchev–Trinajstić information content (AvgIpc) is 3.20. The number of aliphatic carboxylic acids is 1. The number of amides is 1. The Morgan fingerprint density at radius 3 is 2.48 bits per heavy atom. The summed E-state index contributed by atoms with van der Waals surface area (Å²) in [6, 6.07) is 7.20. The van der Waals surface area contributed by atoms with Crippen LogP contribution in [-0.2, 0) is 20.9 Å². The van der Waals surface area contributed by atoms with Crippen molar-refractivity contribution in [2.45, 2.75) is 85.0 Å². The summed E-state index contributed by atoms with van der Waals surface area (Å²) in [6.07, 6.45) is 2.99. The van der Waals surface area contributed by atoms with Crippen LogP contribution in [0.3, 0.4) is 0 Å². The fourth-order valence-electron chi connectivity index (χ4n) is 4.25. The number of carbonyl (C=O) groups excluding carboxylic acids is 1. The first-order chi connectivity index (χ1) is 15.7. The first kappa shape index (κ1) is 25.0. The summed E-state index contributed by atoms with van der Waals surface area (Å²) in [4.78, 5) is 28.9. The van der Waals surface area contributed by atoms with Crippen molar-refractivity contribution in [3.63, 3.8) is 0 Å². The number of hydrogen-bond acceptors (Lipinski definition) is 5. The van der Waals surface area contributed by atoms with Crippen LogP contribution in [0, 0.1) is 18.8 Å². The van der Waals surface area contributed by atoms with Gasteiger partial charge in [0.1, 0.15) is 17.5 Å². The summed E-state index contributed by atoms with van der Waals surface area (Å²) in [5.74, 6) is -0.0394. The average molecular weight is 457 g/mol. The van der Waals surface area contributed by atoms with Crippen molar-refractivity contribution < 1.29 is 23.8 Å². The third-order valence-corrected chi connectivity index (χ3v) is 6.23. The Morgan fingerprint density at radius 1 is 1.18 bits per heavy atom. The Hall–Kier alpha value is -2.67. The first-order valence-corrected chi connectivity index (χ1v) is 11.9. The topological polar surface area (TPSA) is 102 Å². The zero-order valence-electron chi connectivity index (χ0n) is 20.3. The van der Waals surface area contributed by atoms with E-state index in [1.54, 1.807) is 13.8 Å². The zero-order valence-corrected chi connectivity index (χ0v) is 20.3. The Bertz CT molecular complexity index is 948. The molecule has 0 saturated heterocycles. The minimum absolute atomic E-state index is 0.0728. The molecule has 33 heavy (non-hydrogen) atoms. The van der Waals surface area contributed by atoms with Gasteiger partial charge in [0.2, 0.25) is 11.8 Å². The SMILES string of the molecule is Cc1ccc(-c2nc(CO[C@H]3CCC[C@@H](C(=O)N[C@H](C(=O)O)C(C)C)C3)c(C(C)C)o2)cc1. The van der Waals surface area contributed by atoms with Gasteiger partial charge in [-0.05, 0) is 44.2 Å². The predicted octanol–water partition coefficient (Wildman–Crippen LogP) is 5.07. The van der Waals surface area contributed by atoms with Crippen LogP contribution in [0.4, 0.5) is 0 Å². The normalized spacial score (nSPS) is 19.6. The molecule has 1 aromatic heterocycles. The van der Waals surface area contributed by atoms with Crippen LogP contribution in [0.2, 0.25) is 0 Å². The molecule has 0 aliphatic heterocycles. The highest BCUT2D eigenvalue weighted by atomic mass is 16.5. The molecule has 1 saturated carbocycles. The van der Waals surface area contributed by atoms with E-state index in [2.05, 4.69) is 19.2 Å². The number of nitrogens with zero attached hydrogens (tertiary/aromatic N) is 1. The molecule has 0 unspecified atom stereocenters. The molecule has 180 valence electrons. The second-order valence-corrected chi connectivity index (χ2v) is 9.72. The van der Waals surface area contributed by atoms with Crippen molar-refractivity contribution >= 4 is 11.9 Å². The van der Waals surface area contributed by atoms with Crippen molar-refractivity contribution in [2.24, 2.45) is 11.8 Å². The molecule has 2 N–H and O–H groups in total. The number of hydrogen-bond donors (Lipinski definition) is 2. The molecule has 0 bridgehead atoms. The molecule has 7 nitrogen and oxygen atoms in total. The van der Waals surface area contributed by atoms with Gasteiger partial charge in [-0.1, -0.05) is 51.8 Å². The lowest BCUT2D eigenvalue weighted by molar-refractivity contribution is -0.144. The number of aryl methyl sites for hydroxylation is 1. The maximum Gasteiger partial charge on any atom is 0.326 e. The van der Waals surface area contributed by atoms with Gasteiger partial charge in [0, 0.05) is 17.4 Å². The molecule has 0 spiro atoms. The molecular formula is C26H36N2O5.